The van der Waals surface area contributed by atoms with E-state index in [4.69, 9.17) is 0 Å². The van der Waals surface area contributed by atoms with Crippen LogP contribution in [0.3, 0.4) is 0 Å². The maximum absolute atomic E-state index is 13.0. The number of nitrogens with zero attached hydrogens (tertiary/aromatic N) is 1. The van der Waals surface area contributed by atoms with Crippen LogP contribution in [-0.2, 0) is 4.79 Å². The summed E-state index contributed by atoms with van der Waals surface area (Å²) in [6, 6.07) is 17.6. The number of hydrogen-bond donors (Lipinski definition) is 2. The van der Waals surface area contributed by atoms with Gasteiger partial charge in [0.15, 0.2) is 0 Å². The largest absolute Gasteiger partial charge is 0.336 e. The summed E-state index contributed by atoms with van der Waals surface area (Å²) >= 11 is 2.91. The van der Waals surface area contributed by atoms with Crippen molar-refractivity contribution in [2.24, 2.45) is 0 Å². The number of amides is 2. The third kappa shape index (κ3) is 3.95. The van der Waals surface area contributed by atoms with E-state index in [9.17, 15) is 9.59 Å². The predicted octanol–water partition coefficient (Wildman–Crippen LogP) is 4.78. The van der Waals surface area contributed by atoms with E-state index in [1.54, 1.807) is 17.4 Å². The molecule has 0 radical (unpaired) electrons. The molecular formula is C21H17N3O2S2. The minimum atomic E-state index is -0.797. The first-order chi connectivity index (χ1) is 13.6. The summed E-state index contributed by atoms with van der Waals surface area (Å²) in [6.07, 6.45) is 0. The molecule has 2 aromatic heterocycles. The van der Waals surface area contributed by atoms with E-state index in [1.165, 1.54) is 11.3 Å². The Labute approximate surface area is 170 Å². The van der Waals surface area contributed by atoms with Crippen molar-refractivity contribution in [2.45, 2.75) is 13.0 Å². The minimum absolute atomic E-state index is 0.271. The van der Waals surface area contributed by atoms with Gasteiger partial charge in [-0.25, -0.2) is 4.98 Å². The molecule has 2 heterocycles. The van der Waals surface area contributed by atoms with Crippen LogP contribution in [0.4, 0.5) is 5.69 Å². The van der Waals surface area contributed by atoms with Gasteiger partial charge >= 0.3 is 0 Å². The zero-order chi connectivity index (χ0) is 19.5. The van der Waals surface area contributed by atoms with Gasteiger partial charge in [-0.2, -0.15) is 0 Å². The molecule has 0 aliphatic heterocycles. The summed E-state index contributed by atoms with van der Waals surface area (Å²) < 4.78 is 1.01. The number of benzene rings is 2. The standard InChI is InChI=1S/C21H17N3O2S2/c1-13-22-16-10-9-15(12-18(16)28-13)23-21(26)19(14-6-3-2-4-7-14)24-20(25)17-8-5-11-27-17/h2-12,19H,1H3,(H,23,26)(H,24,25). The molecular weight excluding hydrogens is 390 g/mol. The molecule has 5 nitrogen and oxygen atoms in total. The lowest BCUT2D eigenvalue weighted by Gasteiger charge is -2.18. The summed E-state index contributed by atoms with van der Waals surface area (Å²) in [5, 5.41) is 8.58. The van der Waals surface area contributed by atoms with E-state index >= 15 is 0 Å². The van der Waals surface area contributed by atoms with E-state index in [-0.39, 0.29) is 11.8 Å². The molecule has 2 amide bonds. The van der Waals surface area contributed by atoms with Crippen LogP contribution in [0, 0.1) is 6.92 Å². The summed E-state index contributed by atoms with van der Waals surface area (Å²) in [7, 11) is 0. The lowest BCUT2D eigenvalue weighted by Crippen LogP contribution is -2.36. The number of thiophene rings is 1. The Morgan fingerprint density at radius 1 is 1.04 bits per heavy atom. The first-order valence-electron chi connectivity index (χ1n) is 8.67. The fourth-order valence-corrected chi connectivity index (χ4v) is 4.38. The predicted molar refractivity (Wildman–Crippen MR) is 114 cm³/mol. The maximum atomic E-state index is 13.0. The highest BCUT2D eigenvalue weighted by molar-refractivity contribution is 7.18. The Balaban J connectivity index is 1.59. The van der Waals surface area contributed by atoms with Gasteiger partial charge in [0.2, 0.25) is 0 Å². The average molecular weight is 408 g/mol. The summed E-state index contributed by atoms with van der Waals surface area (Å²) in [6.45, 7) is 1.95. The van der Waals surface area contributed by atoms with Gasteiger partial charge < -0.3 is 10.6 Å². The second-order valence-electron chi connectivity index (χ2n) is 6.20. The van der Waals surface area contributed by atoms with Gasteiger partial charge in [-0.3, -0.25) is 9.59 Å². The zero-order valence-corrected chi connectivity index (χ0v) is 16.6. The van der Waals surface area contributed by atoms with Crippen LogP contribution < -0.4 is 10.6 Å². The molecule has 0 fully saturated rings. The molecule has 1 unspecified atom stereocenters. The molecule has 2 N–H and O–H groups in total. The molecule has 4 aromatic rings. The topological polar surface area (TPSA) is 71.1 Å². The molecule has 7 heteroatoms. The number of nitrogens with one attached hydrogen (secondary N) is 2. The van der Waals surface area contributed by atoms with Crippen LogP contribution in [0.1, 0.15) is 26.3 Å². The van der Waals surface area contributed by atoms with Crippen molar-refractivity contribution in [1.82, 2.24) is 10.3 Å². The van der Waals surface area contributed by atoms with Crippen LogP contribution in [0.25, 0.3) is 10.2 Å². The van der Waals surface area contributed by atoms with Gasteiger partial charge in [0.05, 0.1) is 20.1 Å². The van der Waals surface area contributed by atoms with E-state index in [0.717, 1.165) is 20.8 Å². The number of hydrogen-bond acceptors (Lipinski definition) is 5. The summed E-state index contributed by atoms with van der Waals surface area (Å²) in [5.74, 6) is -0.566. The second-order valence-corrected chi connectivity index (χ2v) is 8.38. The monoisotopic (exact) mass is 407 g/mol. The van der Waals surface area contributed by atoms with Crippen molar-refractivity contribution < 1.29 is 9.59 Å². The van der Waals surface area contributed by atoms with Gasteiger partial charge in [-0.1, -0.05) is 36.4 Å². The van der Waals surface area contributed by atoms with Crippen molar-refractivity contribution >= 4 is 50.4 Å². The lowest BCUT2D eigenvalue weighted by molar-refractivity contribution is -0.118. The summed E-state index contributed by atoms with van der Waals surface area (Å²) in [4.78, 5) is 30.6. The molecule has 0 saturated carbocycles. The van der Waals surface area contributed by atoms with E-state index in [2.05, 4.69) is 15.6 Å². The number of carbonyl (C=O) groups excluding carboxylic acids is 2. The number of anilines is 1. The van der Waals surface area contributed by atoms with Crippen molar-refractivity contribution in [2.75, 3.05) is 5.32 Å². The molecule has 0 bridgehead atoms. The quantitative estimate of drug-likeness (QED) is 0.500. The van der Waals surface area contributed by atoms with Gasteiger partial charge in [0, 0.05) is 5.69 Å². The molecule has 0 saturated heterocycles. The Hall–Kier alpha value is -3.03. The molecule has 0 aliphatic rings. The fraction of sp³-hybridized carbons (Fsp3) is 0.0952. The second kappa shape index (κ2) is 7.92. The third-order valence-electron chi connectivity index (χ3n) is 4.18. The number of rotatable bonds is 5. The Morgan fingerprint density at radius 2 is 1.86 bits per heavy atom. The zero-order valence-electron chi connectivity index (χ0n) is 15.0. The van der Waals surface area contributed by atoms with Crippen LogP contribution in [-0.4, -0.2) is 16.8 Å². The van der Waals surface area contributed by atoms with Gasteiger partial charge in [-0.05, 0) is 42.1 Å². The highest BCUT2D eigenvalue weighted by Crippen LogP contribution is 2.26. The van der Waals surface area contributed by atoms with Crippen LogP contribution in [0.15, 0.2) is 66.0 Å². The normalized spacial score (nSPS) is 11.9. The number of fused-ring (bicyclic) bond motifs is 1. The van der Waals surface area contributed by atoms with Crippen molar-refractivity contribution in [1.29, 1.82) is 0 Å². The van der Waals surface area contributed by atoms with Crippen molar-refractivity contribution in [3.05, 3.63) is 81.5 Å². The molecule has 0 spiro atoms. The van der Waals surface area contributed by atoms with Crippen molar-refractivity contribution in [3.63, 3.8) is 0 Å². The minimum Gasteiger partial charge on any atom is -0.336 e. The lowest BCUT2D eigenvalue weighted by atomic mass is 10.1. The van der Waals surface area contributed by atoms with Crippen LogP contribution in [0.2, 0.25) is 0 Å². The molecule has 140 valence electrons. The van der Waals surface area contributed by atoms with E-state index in [0.29, 0.717) is 10.6 Å². The van der Waals surface area contributed by atoms with Crippen LogP contribution in [0.5, 0.6) is 0 Å². The first-order valence-corrected chi connectivity index (χ1v) is 10.4. The van der Waals surface area contributed by atoms with Gasteiger partial charge in [0.25, 0.3) is 11.8 Å². The van der Waals surface area contributed by atoms with Crippen LogP contribution >= 0.6 is 22.7 Å². The molecule has 2 aromatic carbocycles. The molecule has 4 rings (SSSR count). The SMILES string of the molecule is Cc1nc2ccc(NC(=O)C(NC(=O)c3cccs3)c3ccccc3)cc2s1. The van der Waals surface area contributed by atoms with E-state index in [1.807, 2.05) is 66.9 Å². The highest BCUT2D eigenvalue weighted by atomic mass is 32.1. The maximum Gasteiger partial charge on any atom is 0.262 e. The van der Waals surface area contributed by atoms with Gasteiger partial charge in [-0.15, -0.1) is 22.7 Å². The Bertz CT molecular complexity index is 1120. The van der Waals surface area contributed by atoms with Crippen molar-refractivity contribution in [3.8, 4) is 0 Å². The smallest absolute Gasteiger partial charge is 0.262 e. The first kappa shape index (κ1) is 18.3. The fourth-order valence-electron chi connectivity index (χ4n) is 2.89. The number of aromatic nitrogens is 1. The number of carbonyl (C=O) groups is 2. The molecule has 0 aliphatic carbocycles. The molecule has 28 heavy (non-hydrogen) atoms. The van der Waals surface area contributed by atoms with Gasteiger partial charge in [0.1, 0.15) is 6.04 Å². The average Bonchev–Trinajstić information content (AvgIpc) is 3.35. The number of aryl methyl sites for hydroxylation is 1. The highest BCUT2D eigenvalue weighted by Gasteiger charge is 2.24. The third-order valence-corrected chi connectivity index (χ3v) is 5.98. The molecule has 1 atom stereocenters. The Morgan fingerprint density at radius 3 is 2.61 bits per heavy atom. The van der Waals surface area contributed by atoms with E-state index < -0.39 is 6.04 Å². The number of thiazole rings is 1. The Kier molecular flexibility index (Phi) is 5.18. The summed E-state index contributed by atoms with van der Waals surface area (Å²) in [5.41, 5.74) is 2.30.